The fourth-order valence-electron chi connectivity index (χ4n) is 2.56. The zero-order valence-corrected chi connectivity index (χ0v) is 12.7. The summed E-state index contributed by atoms with van der Waals surface area (Å²) in [5.74, 6) is 0.627. The van der Waals surface area contributed by atoms with Crippen LogP contribution in [0.5, 0.6) is 0 Å². The molecule has 1 N–H and O–H groups in total. The zero-order chi connectivity index (χ0) is 16.2. The number of amidine groups is 1. The van der Waals surface area contributed by atoms with Gasteiger partial charge in [0.25, 0.3) is 0 Å². The van der Waals surface area contributed by atoms with Gasteiger partial charge in [-0.25, -0.2) is 9.98 Å². The molecule has 0 unspecified atom stereocenters. The van der Waals surface area contributed by atoms with Gasteiger partial charge in [0.1, 0.15) is 5.69 Å². The first-order valence-corrected chi connectivity index (χ1v) is 7.53. The highest BCUT2D eigenvalue weighted by molar-refractivity contribution is 6.04. The van der Waals surface area contributed by atoms with Gasteiger partial charge in [-0.1, -0.05) is 18.2 Å². The normalized spacial score (nSPS) is 15.4. The van der Waals surface area contributed by atoms with Crippen molar-refractivity contribution in [2.24, 2.45) is 9.98 Å². The number of hydrogen-bond donors (Lipinski definition) is 1. The van der Waals surface area contributed by atoms with Crippen molar-refractivity contribution in [3.05, 3.63) is 90.3 Å². The van der Waals surface area contributed by atoms with Crippen LogP contribution in [0.3, 0.4) is 0 Å². The molecule has 0 saturated carbocycles. The summed E-state index contributed by atoms with van der Waals surface area (Å²) in [7, 11) is 0. The third kappa shape index (κ3) is 2.44. The molecule has 0 spiro atoms. The van der Waals surface area contributed by atoms with Gasteiger partial charge < -0.3 is 5.32 Å². The van der Waals surface area contributed by atoms with Crippen molar-refractivity contribution in [2.75, 3.05) is 0 Å². The quantitative estimate of drug-likeness (QED) is 0.804. The van der Waals surface area contributed by atoms with Crippen LogP contribution in [0.25, 0.3) is 0 Å². The molecule has 0 bridgehead atoms. The van der Waals surface area contributed by atoms with Gasteiger partial charge in [-0.15, -0.1) is 0 Å². The van der Waals surface area contributed by atoms with Gasteiger partial charge >= 0.3 is 0 Å². The largest absolute Gasteiger partial charge is 0.330 e. The number of rotatable bonds is 3. The van der Waals surface area contributed by atoms with Crippen molar-refractivity contribution in [3.8, 4) is 0 Å². The van der Waals surface area contributed by atoms with E-state index in [0.717, 1.165) is 5.69 Å². The smallest absolute Gasteiger partial charge is 0.238 e. The Morgan fingerprint density at radius 3 is 1.88 bits per heavy atom. The minimum Gasteiger partial charge on any atom is -0.330 e. The van der Waals surface area contributed by atoms with E-state index in [4.69, 9.17) is 4.99 Å². The van der Waals surface area contributed by atoms with Gasteiger partial charge in [-0.05, 0) is 36.4 Å². The predicted octanol–water partition coefficient (Wildman–Crippen LogP) is 2.15. The number of nitrogens with one attached hydrogen (secondary N) is 1. The Bertz CT molecular complexity index is 836. The van der Waals surface area contributed by atoms with E-state index in [2.05, 4.69) is 25.3 Å². The average Bonchev–Trinajstić information content (AvgIpc) is 2.70. The number of aromatic nitrogens is 3. The molecule has 0 saturated heterocycles. The third-order valence-corrected chi connectivity index (χ3v) is 3.68. The highest BCUT2D eigenvalue weighted by atomic mass is 15.2. The summed E-state index contributed by atoms with van der Waals surface area (Å²) in [5.41, 5.74) is 1.12. The maximum absolute atomic E-state index is 4.84. The molecule has 0 radical (unpaired) electrons. The lowest BCUT2D eigenvalue weighted by Crippen LogP contribution is -2.37. The van der Waals surface area contributed by atoms with Crippen LogP contribution < -0.4 is 5.32 Å². The Morgan fingerprint density at radius 2 is 1.33 bits per heavy atom. The fraction of sp³-hybridized carbons (Fsp3) is 0.0556. The van der Waals surface area contributed by atoms with Gasteiger partial charge in [0.15, 0.2) is 5.84 Å². The van der Waals surface area contributed by atoms with Gasteiger partial charge in [0.05, 0.1) is 17.7 Å². The molecule has 0 fully saturated rings. The van der Waals surface area contributed by atoms with E-state index in [1.165, 1.54) is 0 Å². The molecule has 24 heavy (non-hydrogen) atoms. The van der Waals surface area contributed by atoms with Crippen molar-refractivity contribution in [2.45, 2.75) is 5.66 Å². The molecule has 0 aromatic carbocycles. The lowest BCUT2D eigenvalue weighted by atomic mass is 10.0. The van der Waals surface area contributed by atoms with Gasteiger partial charge in [-0.3, -0.25) is 15.0 Å². The highest BCUT2D eigenvalue weighted by Gasteiger charge is 2.38. The second-order valence-electron chi connectivity index (χ2n) is 5.18. The monoisotopic (exact) mass is 314 g/mol. The average molecular weight is 314 g/mol. The minimum absolute atomic E-state index is 0.627. The lowest BCUT2D eigenvalue weighted by molar-refractivity contribution is 0.530. The van der Waals surface area contributed by atoms with Crippen LogP contribution in [-0.2, 0) is 5.66 Å². The van der Waals surface area contributed by atoms with E-state index in [9.17, 15) is 0 Å². The van der Waals surface area contributed by atoms with E-state index >= 15 is 0 Å². The molecular weight excluding hydrogens is 300 g/mol. The van der Waals surface area contributed by atoms with E-state index in [1.807, 2.05) is 54.6 Å². The second kappa shape index (κ2) is 6.00. The lowest BCUT2D eigenvalue weighted by Gasteiger charge is -2.28. The van der Waals surface area contributed by atoms with Crippen LogP contribution in [0.15, 0.2) is 83.2 Å². The molecule has 3 aromatic heterocycles. The van der Waals surface area contributed by atoms with Crippen molar-refractivity contribution in [3.63, 3.8) is 0 Å². The molecular formula is C18H14N6. The van der Waals surface area contributed by atoms with Crippen LogP contribution >= 0.6 is 0 Å². The first-order valence-electron chi connectivity index (χ1n) is 7.53. The van der Waals surface area contributed by atoms with Crippen LogP contribution in [-0.4, -0.2) is 27.1 Å². The van der Waals surface area contributed by atoms with Crippen LogP contribution in [0, 0.1) is 0 Å². The minimum atomic E-state index is -1.03. The third-order valence-electron chi connectivity index (χ3n) is 3.68. The van der Waals surface area contributed by atoms with Crippen molar-refractivity contribution < 1.29 is 0 Å². The molecule has 1 aliphatic rings. The molecule has 1 aliphatic heterocycles. The fourth-order valence-corrected chi connectivity index (χ4v) is 2.56. The molecule has 3 aromatic rings. The van der Waals surface area contributed by atoms with Gasteiger partial charge in [0, 0.05) is 18.6 Å². The predicted molar refractivity (Wildman–Crippen MR) is 91.7 cm³/mol. The SMILES string of the molecule is C1=NC(c2ccccn2)(c2ccccn2)N=C(c2ccccn2)N1. The molecule has 116 valence electrons. The van der Waals surface area contributed by atoms with Crippen LogP contribution in [0.2, 0.25) is 0 Å². The maximum Gasteiger partial charge on any atom is 0.238 e. The standard InChI is InChI=1S/C18H14N6/c1-4-10-19-14(7-1)17-22-13-23-18(24-17,15-8-2-5-11-20-15)16-9-3-6-12-21-16/h1-13H,(H,22,23,24). The number of hydrogen-bond acceptors (Lipinski definition) is 6. The van der Waals surface area contributed by atoms with E-state index in [-0.39, 0.29) is 0 Å². The second-order valence-corrected chi connectivity index (χ2v) is 5.18. The first-order chi connectivity index (χ1) is 11.9. The summed E-state index contributed by atoms with van der Waals surface area (Å²) in [4.78, 5) is 22.7. The Morgan fingerprint density at radius 1 is 0.708 bits per heavy atom. The summed E-state index contributed by atoms with van der Waals surface area (Å²) in [5, 5.41) is 3.07. The molecule has 0 amide bonds. The van der Waals surface area contributed by atoms with Crippen LogP contribution in [0.4, 0.5) is 0 Å². The van der Waals surface area contributed by atoms with Gasteiger partial charge in [-0.2, -0.15) is 0 Å². The van der Waals surface area contributed by atoms with E-state index in [0.29, 0.717) is 17.2 Å². The summed E-state index contributed by atoms with van der Waals surface area (Å²) < 4.78 is 0. The summed E-state index contributed by atoms with van der Waals surface area (Å²) in [6.07, 6.45) is 6.82. The summed E-state index contributed by atoms with van der Waals surface area (Å²) in [6.45, 7) is 0. The Balaban J connectivity index is 1.92. The van der Waals surface area contributed by atoms with E-state index in [1.54, 1.807) is 24.9 Å². The summed E-state index contributed by atoms with van der Waals surface area (Å²) in [6, 6.07) is 17.0. The Kier molecular flexibility index (Phi) is 3.55. The topological polar surface area (TPSA) is 75.4 Å². The van der Waals surface area contributed by atoms with Crippen LogP contribution in [0.1, 0.15) is 17.1 Å². The highest BCUT2D eigenvalue weighted by Crippen LogP contribution is 2.34. The summed E-state index contributed by atoms with van der Waals surface area (Å²) >= 11 is 0. The van der Waals surface area contributed by atoms with Crippen molar-refractivity contribution >= 4 is 12.2 Å². The molecule has 0 atom stereocenters. The maximum atomic E-state index is 4.84. The Labute approximate surface area is 139 Å². The zero-order valence-electron chi connectivity index (χ0n) is 12.7. The number of pyridine rings is 3. The molecule has 4 rings (SSSR count). The van der Waals surface area contributed by atoms with E-state index < -0.39 is 5.66 Å². The number of nitrogens with zero attached hydrogens (tertiary/aromatic N) is 5. The molecule has 6 heteroatoms. The Hall–Kier alpha value is -3.41. The molecule has 0 aliphatic carbocycles. The molecule has 4 heterocycles. The first kappa shape index (κ1) is 14.2. The molecule has 6 nitrogen and oxygen atoms in total. The van der Waals surface area contributed by atoms with Gasteiger partial charge in [0.2, 0.25) is 5.66 Å². The number of aliphatic imine (C=N–C) groups is 2. The van der Waals surface area contributed by atoms with Crippen molar-refractivity contribution in [1.29, 1.82) is 0 Å². The van der Waals surface area contributed by atoms with Crippen molar-refractivity contribution in [1.82, 2.24) is 20.3 Å².